The summed E-state index contributed by atoms with van der Waals surface area (Å²) in [6.45, 7) is 5.19. The van der Waals surface area contributed by atoms with Crippen LogP contribution in [0, 0.1) is 25.2 Å². The molecular weight excluding hydrogens is 256 g/mol. The Morgan fingerprint density at radius 3 is 2.58 bits per heavy atom. The third-order valence-electron chi connectivity index (χ3n) is 2.78. The van der Waals surface area contributed by atoms with Gasteiger partial charge >= 0.3 is 0 Å². The van der Waals surface area contributed by atoms with Gasteiger partial charge in [0.15, 0.2) is 6.61 Å². The second-order valence-electron chi connectivity index (χ2n) is 4.26. The molecule has 0 aliphatic rings. The smallest absolute Gasteiger partial charge is 0.174 e. The van der Waals surface area contributed by atoms with Crippen LogP contribution >= 0.6 is 11.3 Å². The molecule has 0 fully saturated rings. The van der Waals surface area contributed by atoms with Gasteiger partial charge in [0.25, 0.3) is 0 Å². The Morgan fingerprint density at radius 1 is 1.26 bits per heavy atom. The Labute approximate surface area is 117 Å². The van der Waals surface area contributed by atoms with Gasteiger partial charge in [-0.1, -0.05) is 0 Å². The number of nitrogens with zero attached hydrogens (tertiary/aromatic N) is 1. The molecule has 0 aliphatic carbocycles. The van der Waals surface area contributed by atoms with Crippen molar-refractivity contribution < 1.29 is 4.74 Å². The van der Waals surface area contributed by atoms with E-state index in [0.29, 0.717) is 0 Å². The van der Waals surface area contributed by atoms with Gasteiger partial charge in [-0.2, -0.15) is 5.26 Å². The summed E-state index contributed by atoms with van der Waals surface area (Å²) in [5.74, 6) is 0.717. The van der Waals surface area contributed by atoms with Crippen LogP contribution in [0.2, 0.25) is 0 Å². The van der Waals surface area contributed by atoms with E-state index in [9.17, 15) is 0 Å². The number of anilines is 1. The van der Waals surface area contributed by atoms with E-state index < -0.39 is 0 Å². The largest absolute Gasteiger partial charge is 0.479 e. The highest BCUT2D eigenvalue weighted by molar-refractivity contribution is 7.12. The quantitative estimate of drug-likeness (QED) is 0.898. The molecule has 2 aromatic rings. The SMILES string of the molecule is Cc1cc(CNc2ccc(OCC#N)cc2)c(C)s1. The lowest BCUT2D eigenvalue weighted by atomic mass is 10.2. The van der Waals surface area contributed by atoms with E-state index in [4.69, 9.17) is 10.00 Å². The monoisotopic (exact) mass is 272 g/mol. The molecule has 2 rings (SSSR count). The molecule has 1 N–H and O–H groups in total. The summed E-state index contributed by atoms with van der Waals surface area (Å²) in [7, 11) is 0. The Morgan fingerprint density at radius 2 is 2.00 bits per heavy atom. The number of ether oxygens (including phenoxy) is 1. The molecule has 4 heteroatoms. The zero-order valence-electron chi connectivity index (χ0n) is 11.1. The number of benzene rings is 1. The molecular formula is C15H16N2OS. The van der Waals surface area contributed by atoms with Gasteiger partial charge in [-0.25, -0.2) is 0 Å². The number of rotatable bonds is 5. The highest BCUT2D eigenvalue weighted by atomic mass is 32.1. The summed E-state index contributed by atoms with van der Waals surface area (Å²) in [4.78, 5) is 2.70. The second-order valence-corrected chi connectivity index (χ2v) is 5.72. The molecule has 0 aliphatic heterocycles. The summed E-state index contributed by atoms with van der Waals surface area (Å²) in [5.41, 5.74) is 2.39. The van der Waals surface area contributed by atoms with Crippen LogP contribution in [0.1, 0.15) is 15.3 Å². The first-order valence-electron chi connectivity index (χ1n) is 6.08. The van der Waals surface area contributed by atoms with Gasteiger partial charge in [0, 0.05) is 22.0 Å². The number of hydrogen-bond acceptors (Lipinski definition) is 4. The highest BCUT2D eigenvalue weighted by Gasteiger charge is 2.02. The van der Waals surface area contributed by atoms with E-state index in [-0.39, 0.29) is 6.61 Å². The van der Waals surface area contributed by atoms with E-state index in [1.54, 1.807) is 0 Å². The van der Waals surface area contributed by atoms with Crippen molar-refractivity contribution in [1.29, 1.82) is 5.26 Å². The van der Waals surface area contributed by atoms with Crippen LogP contribution in [0.4, 0.5) is 5.69 Å². The zero-order valence-corrected chi connectivity index (χ0v) is 11.9. The molecule has 0 radical (unpaired) electrons. The summed E-state index contributed by atoms with van der Waals surface area (Å²) in [6.07, 6.45) is 0. The summed E-state index contributed by atoms with van der Waals surface area (Å²) in [5, 5.41) is 11.8. The fourth-order valence-electron chi connectivity index (χ4n) is 1.84. The van der Waals surface area contributed by atoms with E-state index in [1.165, 1.54) is 15.3 Å². The van der Waals surface area contributed by atoms with Crippen LogP contribution in [-0.4, -0.2) is 6.61 Å². The lowest BCUT2D eigenvalue weighted by molar-refractivity contribution is 0.368. The number of hydrogen-bond donors (Lipinski definition) is 1. The third-order valence-corrected chi connectivity index (χ3v) is 3.79. The Balaban J connectivity index is 1.93. The number of aryl methyl sites for hydroxylation is 2. The van der Waals surface area contributed by atoms with Gasteiger partial charge in [-0.05, 0) is 49.7 Å². The minimum absolute atomic E-state index is 0.0835. The van der Waals surface area contributed by atoms with Gasteiger partial charge in [-0.3, -0.25) is 0 Å². The molecule has 0 unspecified atom stereocenters. The lowest BCUT2D eigenvalue weighted by Gasteiger charge is -2.07. The molecule has 0 amide bonds. The average molecular weight is 272 g/mol. The lowest BCUT2D eigenvalue weighted by Crippen LogP contribution is -1.99. The fraction of sp³-hybridized carbons (Fsp3) is 0.267. The maximum Gasteiger partial charge on any atom is 0.174 e. The van der Waals surface area contributed by atoms with Crippen molar-refractivity contribution in [1.82, 2.24) is 0 Å². The zero-order chi connectivity index (χ0) is 13.7. The Hall–Kier alpha value is -1.99. The summed E-state index contributed by atoms with van der Waals surface area (Å²) in [6, 6.07) is 11.8. The first-order valence-corrected chi connectivity index (χ1v) is 6.90. The van der Waals surface area contributed by atoms with Crippen molar-refractivity contribution in [2.45, 2.75) is 20.4 Å². The number of nitrogens with one attached hydrogen (secondary N) is 1. The van der Waals surface area contributed by atoms with Gasteiger partial charge in [-0.15, -0.1) is 11.3 Å². The molecule has 0 spiro atoms. The predicted molar refractivity (Wildman–Crippen MR) is 78.7 cm³/mol. The number of thiophene rings is 1. The molecule has 3 nitrogen and oxygen atoms in total. The van der Waals surface area contributed by atoms with Crippen molar-refractivity contribution in [2.24, 2.45) is 0 Å². The highest BCUT2D eigenvalue weighted by Crippen LogP contribution is 2.22. The van der Waals surface area contributed by atoms with E-state index in [0.717, 1.165) is 18.0 Å². The molecule has 1 aromatic carbocycles. The third kappa shape index (κ3) is 3.73. The van der Waals surface area contributed by atoms with Crippen LogP contribution in [0.15, 0.2) is 30.3 Å². The van der Waals surface area contributed by atoms with Crippen molar-refractivity contribution in [3.05, 3.63) is 45.6 Å². The first kappa shape index (κ1) is 13.4. The summed E-state index contributed by atoms with van der Waals surface area (Å²) >= 11 is 1.83. The minimum Gasteiger partial charge on any atom is -0.479 e. The molecule has 98 valence electrons. The van der Waals surface area contributed by atoms with Crippen molar-refractivity contribution in [3.8, 4) is 11.8 Å². The topological polar surface area (TPSA) is 45.0 Å². The standard InChI is InChI=1S/C15H16N2OS/c1-11-9-13(12(2)19-11)10-17-14-3-5-15(6-4-14)18-8-7-16/h3-6,9,17H,8,10H2,1-2H3. The molecule has 0 saturated carbocycles. The maximum atomic E-state index is 8.43. The average Bonchev–Trinajstić information content (AvgIpc) is 2.73. The van der Waals surface area contributed by atoms with Crippen LogP contribution in [0.5, 0.6) is 5.75 Å². The minimum atomic E-state index is 0.0835. The second kappa shape index (κ2) is 6.26. The normalized spacial score (nSPS) is 9.95. The molecule has 19 heavy (non-hydrogen) atoms. The van der Waals surface area contributed by atoms with E-state index in [1.807, 2.05) is 41.7 Å². The van der Waals surface area contributed by atoms with Crippen LogP contribution in [-0.2, 0) is 6.54 Å². The molecule has 0 atom stereocenters. The Kier molecular flexibility index (Phi) is 4.43. The molecule has 1 aromatic heterocycles. The van der Waals surface area contributed by atoms with Crippen molar-refractivity contribution in [2.75, 3.05) is 11.9 Å². The number of nitriles is 1. The van der Waals surface area contributed by atoms with Crippen molar-refractivity contribution >= 4 is 17.0 Å². The predicted octanol–water partition coefficient (Wildman–Crippen LogP) is 3.88. The fourth-order valence-corrected chi connectivity index (χ4v) is 2.79. The van der Waals surface area contributed by atoms with Gasteiger partial charge < -0.3 is 10.1 Å². The Bertz CT molecular complexity index is 581. The molecule has 0 bridgehead atoms. The molecule has 0 saturated heterocycles. The van der Waals surface area contributed by atoms with Crippen LogP contribution in [0.3, 0.4) is 0 Å². The van der Waals surface area contributed by atoms with Crippen molar-refractivity contribution in [3.63, 3.8) is 0 Å². The van der Waals surface area contributed by atoms with Gasteiger partial charge in [0.1, 0.15) is 11.8 Å². The van der Waals surface area contributed by atoms with E-state index in [2.05, 4.69) is 25.2 Å². The van der Waals surface area contributed by atoms with Crippen LogP contribution in [0.25, 0.3) is 0 Å². The summed E-state index contributed by atoms with van der Waals surface area (Å²) < 4.78 is 5.21. The van der Waals surface area contributed by atoms with Crippen LogP contribution < -0.4 is 10.1 Å². The van der Waals surface area contributed by atoms with Gasteiger partial charge in [0.05, 0.1) is 0 Å². The van der Waals surface area contributed by atoms with Gasteiger partial charge in [0.2, 0.25) is 0 Å². The maximum absolute atomic E-state index is 8.43. The first-order chi connectivity index (χ1) is 9.19. The van der Waals surface area contributed by atoms with E-state index >= 15 is 0 Å². The molecule has 1 heterocycles.